The second-order valence-electron chi connectivity index (χ2n) is 7.19. The molecule has 2 atom stereocenters. The Kier molecular flexibility index (Phi) is 9.06. The highest BCUT2D eigenvalue weighted by Crippen LogP contribution is 2.13. The molecule has 0 fully saturated rings. The number of halogens is 1. The van der Waals surface area contributed by atoms with E-state index >= 15 is 0 Å². The van der Waals surface area contributed by atoms with Crippen molar-refractivity contribution in [2.24, 2.45) is 0 Å². The van der Waals surface area contributed by atoms with Gasteiger partial charge in [-0.05, 0) is 48.4 Å². The highest BCUT2D eigenvalue weighted by Gasteiger charge is 2.25. The van der Waals surface area contributed by atoms with Gasteiger partial charge in [0.2, 0.25) is 0 Å². The van der Waals surface area contributed by atoms with Crippen molar-refractivity contribution in [2.75, 3.05) is 5.32 Å². The van der Waals surface area contributed by atoms with Gasteiger partial charge in [0.05, 0.1) is 0 Å². The molecule has 0 aliphatic carbocycles. The van der Waals surface area contributed by atoms with Crippen LogP contribution < -0.4 is 16.0 Å². The molecule has 180 valence electrons. The van der Waals surface area contributed by atoms with Crippen LogP contribution in [0.4, 0.5) is 14.9 Å². The monoisotopic (exact) mass is 475 g/mol. The number of carbonyl (C=O) groups excluding carboxylic acids is 2. The first-order valence-electron chi connectivity index (χ1n) is 9.95. The van der Waals surface area contributed by atoms with Crippen molar-refractivity contribution in [1.82, 2.24) is 10.6 Å². The summed E-state index contributed by atoms with van der Waals surface area (Å²) in [5, 5.41) is 34.0. The topological polar surface area (TPSA) is 182 Å². The van der Waals surface area contributed by atoms with Crippen LogP contribution >= 0.6 is 0 Å². The predicted octanol–water partition coefficient (Wildman–Crippen LogP) is 1.69. The Labute approximate surface area is 192 Å². The van der Waals surface area contributed by atoms with Crippen molar-refractivity contribution in [2.45, 2.75) is 31.3 Å². The molecule has 11 nitrogen and oxygen atoms in total. The van der Waals surface area contributed by atoms with Crippen molar-refractivity contribution in [3.8, 4) is 0 Å². The van der Waals surface area contributed by atoms with Crippen molar-refractivity contribution in [1.29, 1.82) is 0 Å². The van der Waals surface area contributed by atoms with Gasteiger partial charge in [-0.15, -0.1) is 0 Å². The molecule has 0 radical (unpaired) electrons. The van der Waals surface area contributed by atoms with Gasteiger partial charge in [0, 0.05) is 24.1 Å². The fraction of sp³-hybridized carbons (Fsp3) is 0.227. The molecule has 0 aromatic heterocycles. The minimum atomic E-state index is -1.51. The van der Waals surface area contributed by atoms with Gasteiger partial charge < -0.3 is 31.3 Å². The van der Waals surface area contributed by atoms with Crippen LogP contribution in [0.25, 0.3) is 0 Å². The molecule has 0 bridgehead atoms. The molecule has 3 amide bonds. The maximum Gasteiger partial charge on any atom is 0.326 e. The lowest BCUT2D eigenvalue weighted by molar-refractivity contribution is -0.140. The van der Waals surface area contributed by atoms with E-state index < -0.39 is 54.2 Å². The number of rotatable bonds is 11. The zero-order chi connectivity index (χ0) is 25.3. The van der Waals surface area contributed by atoms with E-state index in [1.165, 1.54) is 36.4 Å². The fourth-order valence-electron chi connectivity index (χ4n) is 2.85. The maximum atomic E-state index is 13.0. The quantitative estimate of drug-likeness (QED) is 0.284. The van der Waals surface area contributed by atoms with E-state index in [9.17, 15) is 33.5 Å². The van der Waals surface area contributed by atoms with Crippen molar-refractivity contribution in [3.63, 3.8) is 0 Å². The van der Waals surface area contributed by atoms with Gasteiger partial charge in [-0.2, -0.15) is 0 Å². The molecule has 6 N–H and O–H groups in total. The Bertz CT molecular complexity index is 1060. The fourth-order valence-corrected chi connectivity index (χ4v) is 2.85. The molecule has 2 unspecified atom stereocenters. The normalized spacial score (nSPS) is 12.1. The zero-order valence-corrected chi connectivity index (χ0v) is 17.7. The molecule has 0 heterocycles. The molecule has 34 heavy (non-hydrogen) atoms. The van der Waals surface area contributed by atoms with E-state index in [1.807, 2.05) is 5.32 Å². The molecular weight excluding hydrogens is 453 g/mol. The molecular formula is C22H22FN3O8. The number of aliphatic carboxylic acids is 3. The molecule has 0 saturated carbocycles. The predicted molar refractivity (Wildman–Crippen MR) is 116 cm³/mol. The first kappa shape index (κ1) is 25.8. The van der Waals surface area contributed by atoms with E-state index in [4.69, 9.17) is 10.2 Å². The summed E-state index contributed by atoms with van der Waals surface area (Å²) < 4.78 is 13.0. The second-order valence-corrected chi connectivity index (χ2v) is 7.19. The number of nitrogens with one attached hydrogen (secondary N) is 3. The van der Waals surface area contributed by atoms with E-state index in [-0.39, 0.29) is 18.4 Å². The van der Waals surface area contributed by atoms with Gasteiger partial charge in [-0.3, -0.25) is 9.59 Å². The molecule has 12 heteroatoms. The number of anilines is 1. The molecule has 0 aliphatic heterocycles. The van der Waals surface area contributed by atoms with E-state index in [0.29, 0.717) is 11.3 Å². The summed E-state index contributed by atoms with van der Waals surface area (Å²) in [5.41, 5.74) is 1.14. The Morgan fingerprint density at radius 1 is 0.794 bits per heavy atom. The summed E-state index contributed by atoms with van der Waals surface area (Å²) in [4.78, 5) is 57.6. The van der Waals surface area contributed by atoms with Crippen LogP contribution in [0.3, 0.4) is 0 Å². The number of urea groups is 1. The summed E-state index contributed by atoms with van der Waals surface area (Å²) in [6.07, 6.45) is -1.02. The number of carbonyl (C=O) groups is 5. The summed E-state index contributed by atoms with van der Waals surface area (Å²) in [6.45, 7) is 0. The van der Waals surface area contributed by atoms with Crippen LogP contribution in [0.2, 0.25) is 0 Å². The number of carboxylic acid groups (broad SMARTS) is 3. The van der Waals surface area contributed by atoms with Gasteiger partial charge in [-0.1, -0.05) is 12.1 Å². The largest absolute Gasteiger partial charge is 0.481 e. The molecule has 0 aliphatic rings. The van der Waals surface area contributed by atoms with Crippen LogP contribution in [0.15, 0.2) is 48.5 Å². The van der Waals surface area contributed by atoms with Gasteiger partial charge >= 0.3 is 23.9 Å². The smallest absolute Gasteiger partial charge is 0.326 e. The Morgan fingerprint density at radius 3 is 1.88 bits per heavy atom. The van der Waals surface area contributed by atoms with Crippen LogP contribution in [-0.2, 0) is 20.8 Å². The van der Waals surface area contributed by atoms with Gasteiger partial charge in [0.25, 0.3) is 5.91 Å². The SMILES string of the molecule is O=C(O)CCC(NC(=O)NC(Cc1ccc(NC(=O)c2ccc(F)cc2)cc1)C(=O)O)C(=O)O. The summed E-state index contributed by atoms with van der Waals surface area (Å²) >= 11 is 0. The number of hydrogen-bond donors (Lipinski definition) is 6. The lowest BCUT2D eigenvalue weighted by Crippen LogP contribution is -2.51. The molecule has 2 aromatic carbocycles. The number of benzene rings is 2. The van der Waals surface area contributed by atoms with E-state index in [0.717, 1.165) is 12.1 Å². The summed E-state index contributed by atoms with van der Waals surface area (Å²) in [6, 6.07) is 7.05. The molecule has 2 rings (SSSR count). The number of carboxylic acids is 3. The van der Waals surface area contributed by atoms with Crippen LogP contribution in [0.5, 0.6) is 0 Å². The Hall–Kier alpha value is -4.48. The third kappa shape index (κ3) is 8.22. The third-order valence-electron chi connectivity index (χ3n) is 4.61. The molecule has 2 aromatic rings. The van der Waals surface area contributed by atoms with E-state index in [2.05, 4.69) is 10.6 Å². The van der Waals surface area contributed by atoms with Crippen LogP contribution in [0.1, 0.15) is 28.8 Å². The van der Waals surface area contributed by atoms with Crippen LogP contribution in [-0.4, -0.2) is 57.2 Å². The minimum absolute atomic E-state index is 0.151. The third-order valence-corrected chi connectivity index (χ3v) is 4.61. The van der Waals surface area contributed by atoms with Gasteiger partial charge in [-0.25, -0.2) is 18.8 Å². The average molecular weight is 475 g/mol. The number of hydrogen-bond acceptors (Lipinski definition) is 5. The lowest BCUT2D eigenvalue weighted by atomic mass is 10.1. The second kappa shape index (κ2) is 11.9. The zero-order valence-electron chi connectivity index (χ0n) is 17.7. The van der Waals surface area contributed by atoms with Gasteiger partial charge in [0.1, 0.15) is 17.9 Å². The number of amides is 3. The Morgan fingerprint density at radius 2 is 1.35 bits per heavy atom. The first-order valence-corrected chi connectivity index (χ1v) is 9.95. The van der Waals surface area contributed by atoms with Crippen molar-refractivity contribution < 1.29 is 43.7 Å². The average Bonchev–Trinajstić information content (AvgIpc) is 2.77. The lowest BCUT2D eigenvalue weighted by Gasteiger charge is -2.18. The van der Waals surface area contributed by atoms with Crippen molar-refractivity contribution in [3.05, 3.63) is 65.5 Å². The van der Waals surface area contributed by atoms with E-state index in [1.54, 1.807) is 0 Å². The highest BCUT2D eigenvalue weighted by molar-refractivity contribution is 6.04. The van der Waals surface area contributed by atoms with Crippen molar-refractivity contribution >= 4 is 35.5 Å². The molecule has 0 spiro atoms. The Balaban J connectivity index is 1.96. The highest BCUT2D eigenvalue weighted by atomic mass is 19.1. The minimum Gasteiger partial charge on any atom is -0.481 e. The standard InChI is InChI=1S/C22H22FN3O8/c23-14-5-3-13(4-6-14)19(29)24-15-7-1-12(2-8-15)11-17(21(32)33)26-22(34)25-16(20(30)31)9-10-18(27)28/h1-8,16-17H,9-11H2,(H,24,29)(H,27,28)(H,30,31)(H,32,33)(H2,25,26,34). The van der Waals surface area contributed by atoms with Gasteiger partial charge in [0.15, 0.2) is 0 Å². The summed E-state index contributed by atoms with van der Waals surface area (Å²) in [7, 11) is 0. The first-order chi connectivity index (χ1) is 16.0. The van der Waals surface area contributed by atoms with Crippen LogP contribution in [0, 0.1) is 5.82 Å². The summed E-state index contributed by atoms with van der Waals surface area (Å²) in [5.74, 6) is -5.02. The maximum absolute atomic E-state index is 13.0. The molecule has 0 saturated heterocycles.